The zero-order chi connectivity index (χ0) is 13.1. The predicted molar refractivity (Wildman–Crippen MR) is 79.4 cm³/mol. The summed E-state index contributed by atoms with van der Waals surface area (Å²) in [6, 6.07) is 3.41. The molecule has 0 N–H and O–H groups in total. The molecular formula is C15H22N2Se. The Kier molecular flexibility index (Phi) is 4.60. The van der Waals surface area contributed by atoms with Crippen molar-refractivity contribution < 1.29 is 0 Å². The fourth-order valence-electron chi connectivity index (χ4n) is 2.49. The summed E-state index contributed by atoms with van der Waals surface area (Å²) in [6.07, 6.45) is 5.10. The first-order chi connectivity index (χ1) is 8.59. The van der Waals surface area contributed by atoms with Crippen LogP contribution in [-0.4, -0.2) is 43.0 Å². The van der Waals surface area contributed by atoms with Gasteiger partial charge in [-0.15, -0.1) is 0 Å². The van der Waals surface area contributed by atoms with Crippen molar-refractivity contribution in [3.8, 4) is 0 Å². The van der Waals surface area contributed by atoms with Crippen LogP contribution in [0.2, 0.25) is 0 Å². The average molecular weight is 309 g/mol. The molecule has 0 saturated carbocycles. The van der Waals surface area contributed by atoms with Gasteiger partial charge in [-0.1, -0.05) is 0 Å². The van der Waals surface area contributed by atoms with Crippen molar-refractivity contribution in [2.75, 3.05) is 6.54 Å². The van der Waals surface area contributed by atoms with Gasteiger partial charge in [-0.2, -0.15) is 0 Å². The summed E-state index contributed by atoms with van der Waals surface area (Å²) < 4.78 is 1.45. The van der Waals surface area contributed by atoms with E-state index in [1.807, 2.05) is 12.4 Å². The van der Waals surface area contributed by atoms with E-state index in [1.54, 1.807) is 0 Å². The third kappa shape index (κ3) is 3.03. The van der Waals surface area contributed by atoms with Crippen LogP contribution in [0.3, 0.4) is 0 Å². The Morgan fingerprint density at radius 2 is 1.94 bits per heavy atom. The standard InChI is InChI=1S/C15H22N2Se/c1-11(2)17(12(3)4)8-6-13-10-18-15-9-16-7-5-14(13)15/h5,7,9-12H,6,8H2,1-4H3. The van der Waals surface area contributed by atoms with E-state index in [4.69, 9.17) is 0 Å². The Balaban J connectivity index is 2.10. The van der Waals surface area contributed by atoms with Gasteiger partial charge in [0.1, 0.15) is 0 Å². The minimum absolute atomic E-state index is 0.499. The topological polar surface area (TPSA) is 16.1 Å². The zero-order valence-electron chi connectivity index (χ0n) is 11.7. The molecule has 0 amide bonds. The van der Waals surface area contributed by atoms with E-state index in [0.717, 1.165) is 13.0 Å². The molecule has 0 aliphatic heterocycles. The van der Waals surface area contributed by atoms with Crippen LogP contribution >= 0.6 is 0 Å². The SMILES string of the molecule is CC(C)N(CCc1c[se]c2cnccc12)C(C)C. The van der Waals surface area contributed by atoms with Gasteiger partial charge in [-0.05, 0) is 0 Å². The summed E-state index contributed by atoms with van der Waals surface area (Å²) in [7, 11) is 0. The maximum atomic E-state index is 4.21. The molecule has 0 atom stereocenters. The number of hydrogen-bond donors (Lipinski definition) is 0. The Hall–Kier alpha value is -0.631. The van der Waals surface area contributed by atoms with E-state index in [2.05, 4.69) is 48.6 Å². The van der Waals surface area contributed by atoms with Crippen molar-refractivity contribution in [3.63, 3.8) is 0 Å². The van der Waals surface area contributed by atoms with Gasteiger partial charge in [0.25, 0.3) is 0 Å². The first kappa shape index (κ1) is 13.8. The second kappa shape index (κ2) is 6.01. The van der Waals surface area contributed by atoms with Crippen LogP contribution in [0, 0.1) is 0 Å². The molecule has 2 nitrogen and oxygen atoms in total. The zero-order valence-corrected chi connectivity index (χ0v) is 13.4. The summed E-state index contributed by atoms with van der Waals surface area (Å²) in [5, 5.41) is 1.44. The van der Waals surface area contributed by atoms with Crippen LogP contribution in [0.5, 0.6) is 0 Å². The van der Waals surface area contributed by atoms with E-state index >= 15 is 0 Å². The Morgan fingerprint density at radius 3 is 2.61 bits per heavy atom. The molecule has 0 aliphatic rings. The molecule has 0 aliphatic carbocycles. The Bertz CT molecular complexity index is 494. The van der Waals surface area contributed by atoms with Gasteiger partial charge in [0.15, 0.2) is 0 Å². The third-order valence-electron chi connectivity index (χ3n) is 3.42. The second-order valence-electron chi connectivity index (χ2n) is 5.31. The molecule has 0 unspecified atom stereocenters. The first-order valence-electron chi connectivity index (χ1n) is 6.65. The van der Waals surface area contributed by atoms with Crippen molar-refractivity contribution >= 4 is 24.1 Å². The first-order valence-corrected chi connectivity index (χ1v) is 8.50. The molecule has 0 fully saturated rings. The van der Waals surface area contributed by atoms with Gasteiger partial charge in [-0.3, -0.25) is 0 Å². The third-order valence-corrected chi connectivity index (χ3v) is 5.48. The number of hydrogen-bond acceptors (Lipinski definition) is 2. The molecule has 0 saturated heterocycles. The molecular weight excluding hydrogens is 287 g/mol. The van der Waals surface area contributed by atoms with Crippen LogP contribution in [0.1, 0.15) is 33.3 Å². The minimum atomic E-state index is 0.499. The van der Waals surface area contributed by atoms with Crippen LogP contribution in [0.15, 0.2) is 23.4 Å². The number of pyridine rings is 1. The molecule has 2 rings (SSSR count). The molecule has 0 aromatic carbocycles. The quantitative estimate of drug-likeness (QED) is 0.790. The number of nitrogens with zero attached hydrogens (tertiary/aromatic N) is 2. The van der Waals surface area contributed by atoms with E-state index in [1.165, 1.54) is 15.2 Å². The van der Waals surface area contributed by atoms with Crippen LogP contribution in [0.4, 0.5) is 0 Å². The molecule has 2 aromatic rings. The summed E-state index contributed by atoms with van der Waals surface area (Å²) >= 11 is 0.499. The number of rotatable bonds is 5. The second-order valence-corrected chi connectivity index (χ2v) is 7.22. The summed E-state index contributed by atoms with van der Waals surface area (Å²) in [4.78, 5) is 9.21. The normalized spacial score (nSPS) is 12.2. The van der Waals surface area contributed by atoms with Gasteiger partial charge in [0.05, 0.1) is 0 Å². The molecule has 0 bridgehead atoms. The fourth-order valence-corrected chi connectivity index (χ4v) is 4.51. The Labute approximate surface area is 116 Å². The Morgan fingerprint density at radius 1 is 1.22 bits per heavy atom. The van der Waals surface area contributed by atoms with Crippen molar-refractivity contribution in [3.05, 3.63) is 29.0 Å². The van der Waals surface area contributed by atoms with Crippen LogP contribution in [-0.2, 0) is 6.42 Å². The monoisotopic (exact) mass is 310 g/mol. The maximum absolute atomic E-state index is 4.21. The predicted octanol–water partition coefficient (Wildman–Crippen LogP) is 2.95. The van der Waals surface area contributed by atoms with E-state index in [-0.39, 0.29) is 0 Å². The molecule has 0 radical (unpaired) electrons. The van der Waals surface area contributed by atoms with Gasteiger partial charge in [0, 0.05) is 0 Å². The number of aromatic nitrogens is 1. The average Bonchev–Trinajstić information content (AvgIpc) is 2.72. The van der Waals surface area contributed by atoms with E-state index in [9.17, 15) is 0 Å². The van der Waals surface area contributed by atoms with Gasteiger partial charge >= 0.3 is 116 Å². The van der Waals surface area contributed by atoms with Crippen LogP contribution < -0.4 is 0 Å². The molecule has 0 spiro atoms. The van der Waals surface area contributed by atoms with Crippen molar-refractivity contribution in [2.24, 2.45) is 0 Å². The van der Waals surface area contributed by atoms with Gasteiger partial charge < -0.3 is 0 Å². The van der Waals surface area contributed by atoms with Gasteiger partial charge in [0.2, 0.25) is 0 Å². The molecule has 98 valence electrons. The van der Waals surface area contributed by atoms with Crippen molar-refractivity contribution in [2.45, 2.75) is 46.2 Å². The molecule has 18 heavy (non-hydrogen) atoms. The summed E-state index contributed by atoms with van der Waals surface area (Å²) in [6.45, 7) is 10.3. The molecule has 2 aromatic heterocycles. The van der Waals surface area contributed by atoms with E-state index in [0.29, 0.717) is 26.6 Å². The van der Waals surface area contributed by atoms with E-state index < -0.39 is 0 Å². The van der Waals surface area contributed by atoms with Gasteiger partial charge in [-0.25, -0.2) is 0 Å². The number of fused-ring (bicyclic) bond motifs is 1. The van der Waals surface area contributed by atoms with Crippen molar-refractivity contribution in [1.29, 1.82) is 0 Å². The summed E-state index contributed by atoms with van der Waals surface area (Å²) in [5.74, 6) is 0. The fraction of sp³-hybridized carbons (Fsp3) is 0.533. The molecule has 2 heterocycles. The van der Waals surface area contributed by atoms with Crippen LogP contribution in [0.25, 0.3) is 9.65 Å². The van der Waals surface area contributed by atoms with Crippen molar-refractivity contribution in [1.82, 2.24) is 9.88 Å². The molecule has 3 heteroatoms. The summed E-state index contributed by atoms with van der Waals surface area (Å²) in [5.41, 5.74) is 1.53.